The first kappa shape index (κ1) is 14.1. The molecule has 0 aromatic carbocycles. The first-order valence-electron chi connectivity index (χ1n) is 3.88. The van der Waals surface area contributed by atoms with Gasteiger partial charge >= 0.3 is 6.18 Å². The average Bonchev–Trinajstić information content (AvgIpc) is 2.14. The first-order chi connectivity index (χ1) is 7.27. The molecular formula is C8H4BrF5IN. The van der Waals surface area contributed by atoms with Gasteiger partial charge in [0.1, 0.15) is 5.69 Å². The molecule has 0 radical (unpaired) electrons. The summed E-state index contributed by atoms with van der Waals surface area (Å²) < 4.78 is 62.2. The summed E-state index contributed by atoms with van der Waals surface area (Å²) in [7, 11) is 0. The number of hydrogen-bond donors (Lipinski definition) is 0. The van der Waals surface area contributed by atoms with E-state index in [2.05, 4.69) is 20.9 Å². The van der Waals surface area contributed by atoms with E-state index in [-0.39, 0.29) is 14.6 Å². The van der Waals surface area contributed by atoms with E-state index in [1.165, 1.54) is 22.6 Å². The normalized spacial score (nSPS) is 12.2. The number of rotatable bonds is 2. The molecule has 1 rings (SSSR count). The van der Waals surface area contributed by atoms with Crippen LogP contribution in [0.5, 0.6) is 0 Å². The molecule has 1 aromatic heterocycles. The van der Waals surface area contributed by atoms with E-state index >= 15 is 0 Å². The Balaban J connectivity index is 3.46. The van der Waals surface area contributed by atoms with Crippen molar-refractivity contribution >= 4 is 38.5 Å². The molecule has 0 N–H and O–H groups in total. The summed E-state index contributed by atoms with van der Waals surface area (Å²) in [5.74, 6) is 0. The van der Waals surface area contributed by atoms with Crippen molar-refractivity contribution in [1.29, 1.82) is 0 Å². The molecule has 90 valence electrons. The molecule has 8 heteroatoms. The Hall–Kier alpha value is 0.01000. The molecule has 0 aliphatic carbocycles. The van der Waals surface area contributed by atoms with Crippen molar-refractivity contribution in [3.05, 3.63) is 26.6 Å². The van der Waals surface area contributed by atoms with Crippen molar-refractivity contribution < 1.29 is 22.0 Å². The summed E-state index contributed by atoms with van der Waals surface area (Å²) >= 11 is 4.34. The second-order valence-electron chi connectivity index (χ2n) is 2.79. The van der Waals surface area contributed by atoms with Crippen LogP contribution >= 0.6 is 38.5 Å². The second kappa shape index (κ2) is 5.11. The van der Waals surface area contributed by atoms with Gasteiger partial charge in [0.25, 0.3) is 6.43 Å². The van der Waals surface area contributed by atoms with Crippen LogP contribution in [0.2, 0.25) is 0 Å². The fraction of sp³-hybridized carbons (Fsp3) is 0.375. The van der Waals surface area contributed by atoms with Crippen LogP contribution in [-0.2, 0) is 11.5 Å². The van der Waals surface area contributed by atoms with Gasteiger partial charge in [-0.25, -0.2) is 8.78 Å². The Labute approximate surface area is 110 Å². The first-order valence-corrected chi connectivity index (χ1v) is 6.08. The predicted molar refractivity (Wildman–Crippen MR) is 59.5 cm³/mol. The maximum Gasteiger partial charge on any atom is 0.419 e. The van der Waals surface area contributed by atoms with Crippen LogP contribution in [0.4, 0.5) is 22.0 Å². The molecule has 1 nitrogen and oxygen atoms in total. The van der Waals surface area contributed by atoms with Crippen LogP contribution in [0.1, 0.15) is 23.4 Å². The smallest absolute Gasteiger partial charge is 0.250 e. The van der Waals surface area contributed by atoms with Crippen molar-refractivity contribution in [1.82, 2.24) is 4.98 Å². The zero-order valence-electron chi connectivity index (χ0n) is 7.45. The van der Waals surface area contributed by atoms with Gasteiger partial charge in [-0.05, 0) is 28.7 Å². The van der Waals surface area contributed by atoms with Gasteiger partial charge in [-0.1, -0.05) is 15.9 Å². The van der Waals surface area contributed by atoms with Crippen molar-refractivity contribution in [2.75, 3.05) is 0 Å². The molecule has 0 aliphatic rings. The standard InChI is InChI=1S/C8H4BrF5IN/c9-2-3-1-4(15)5(8(12,13)14)6(16-3)7(10)11/h1,7H,2H2. The number of aromatic nitrogens is 1. The van der Waals surface area contributed by atoms with E-state index in [1.54, 1.807) is 0 Å². The van der Waals surface area contributed by atoms with Gasteiger partial charge < -0.3 is 0 Å². The summed E-state index contributed by atoms with van der Waals surface area (Å²) in [4.78, 5) is 3.30. The molecule has 0 aliphatic heterocycles. The summed E-state index contributed by atoms with van der Waals surface area (Å²) in [6.07, 6.45) is -8.07. The molecular weight excluding hydrogens is 412 g/mol. The van der Waals surface area contributed by atoms with Crippen molar-refractivity contribution in [2.45, 2.75) is 17.9 Å². The number of pyridine rings is 1. The number of nitrogens with zero attached hydrogens (tertiary/aromatic N) is 1. The second-order valence-corrected chi connectivity index (χ2v) is 4.51. The molecule has 1 heterocycles. The lowest BCUT2D eigenvalue weighted by molar-refractivity contribution is -0.140. The molecule has 1 aromatic rings. The van der Waals surface area contributed by atoms with Crippen LogP contribution < -0.4 is 0 Å². The van der Waals surface area contributed by atoms with Crippen molar-refractivity contribution in [2.24, 2.45) is 0 Å². The van der Waals surface area contributed by atoms with Crippen LogP contribution in [0.3, 0.4) is 0 Å². The summed E-state index contributed by atoms with van der Waals surface area (Å²) in [5.41, 5.74) is -2.42. The van der Waals surface area contributed by atoms with E-state index in [9.17, 15) is 22.0 Å². The van der Waals surface area contributed by atoms with Gasteiger partial charge in [-0.3, -0.25) is 4.98 Å². The zero-order chi connectivity index (χ0) is 12.5. The van der Waals surface area contributed by atoms with Gasteiger partial charge in [0.2, 0.25) is 0 Å². The van der Waals surface area contributed by atoms with Crippen LogP contribution in [0.25, 0.3) is 0 Å². The topological polar surface area (TPSA) is 12.9 Å². The third-order valence-corrected chi connectivity index (χ3v) is 3.10. The maximum atomic E-state index is 12.5. The monoisotopic (exact) mass is 415 g/mol. The zero-order valence-corrected chi connectivity index (χ0v) is 11.2. The largest absolute Gasteiger partial charge is 0.419 e. The highest BCUT2D eigenvalue weighted by molar-refractivity contribution is 14.1. The summed E-state index contributed by atoms with van der Waals surface area (Å²) in [5, 5.41) is 0.126. The molecule has 16 heavy (non-hydrogen) atoms. The van der Waals surface area contributed by atoms with Gasteiger partial charge in [0.05, 0.1) is 11.3 Å². The quantitative estimate of drug-likeness (QED) is 0.392. The number of halogens is 7. The highest BCUT2D eigenvalue weighted by atomic mass is 127. The average molecular weight is 416 g/mol. The van der Waals surface area contributed by atoms with E-state index < -0.39 is 23.9 Å². The minimum absolute atomic E-state index is 0.126. The Bertz CT molecular complexity index is 393. The highest BCUT2D eigenvalue weighted by Crippen LogP contribution is 2.38. The Kier molecular flexibility index (Phi) is 4.49. The van der Waals surface area contributed by atoms with Crippen LogP contribution in [0.15, 0.2) is 6.07 Å². The molecule has 0 spiro atoms. The minimum Gasteiger partial charge on any atom is -0.250 e. The van der Waals surface area contributed by atoms with Crippen LogP contribution in [-0.4, -0.2) is 4.98 Å². The van der Waals surface area contributed by atoms with E-state index in [4.69, 9.17) is 0 Å². The molecule has 0 atom stereocenters. The van der Waals surface area contributed by atoms with E-state index in [0.717, 1.165) is 6.07 Å². The van der Waals surface area contributed by atoms with Crippen molar-refractivity contribution in [3.8, 4) is 0 Å². The number of alkyl halides is 6. The van der Waals surface area contributed by atoms with Gasteiger partial charge in [-0.15, -0.1) is 0 Å². The van der Waals surface area contributed by atoms with E-state index in [1.807, 2.05) is 0 Å². The molecule has 0 saturated heterocycles. The summed E-state index contributed by atoms with van der Waals surface area (Å²) in [6.45, 7) is 0. The van der Waals surface area contributed by atoms with Gasteiger partial charge in [0.15, 0.2) is 0 Å². The van der Waals surface area contributed by atoms with Crippen molar-refractivity contribution in [3.63, 3.8) is 0 Å². The van der Waals surface area contributed by atoms with Gasteiger partial charge in [-0.2, -0.15) is 13.2 Å². The predicted octanol–water partition coefficient (Wildman–Crippen LogP) is 4.54. The SMILES string of the molecule is FC(F)c1nc(CBr)cc(I)c1C(F)(F)F. The highest BCUT2D eigenvalue weighted by Gasteiger charge is 2.39. The Morgan fingerprint density at radius 1 is 1.38 bits per heavy atom. The molecule has 0 unspecified atom stereocenters. The Morgan fingerprint density at radius 3 is 2.31 bits per heavy atom. The minimum atomic E-state index is -4.82. The Morgan fingerprint density at radius 2 is 1.94 bits per heavy atom. The lowest BCUT2D eigenvalue weighted by Crippen LogP contribution is -2.14. The molecule has 0 fully saturated rings. The molecule has 0 amide bonds. The fourth-order valence-corrected chi connectivity index (χ4v) is 2.32. The maximum absolute atomic E-state index is 12.5. The molecule has 0 bridgehead atoms. The lowest BCUT2D eigenvalue weighted by atomic mass is 10.1. The third-order valence-electron chi connectivity index (χ3n) is 1.68. The lowest BCUT2D eigenvalue weighted by Gasteiger charge is -2.14. The summed E-state index contributed by atoms with van der Waals surface area (Å²) in [6, 6.07) is 1.13. The third kappa shape index (κ3) is 3.02. The number of hydrogen-bond acceptors (Lipinski definition) is 1. The fourth-order valence-electron chi connectivity index (χ4n) is 1.09. The molecule has 0 saturated carbocycles. The van der Waals surface area contributed by atoms with Crippen LogP contribution in [0, 0.1) is 3.57 Å². The van der Waals surface area contributed by atoms with Gasteiger partial charge in [0, 0.05) is 8.90 Å². The van der Waals surface area contributed by atoms with E-state index in [0.29, 0.717) is 0 Å².